The number of anilines is 1. The topological polar surface area (TPSA) is 52.3 Å². The Morgan fingerprint density at radius 2 is 2.00 bits per heavy atom. The van der Waals surface area contributed by atoms with Gasteiger partial charge in [-0.2, -0.15) is 0 Å². The summed E-state index contributed by atoms with van der Waals surface area (Å²) in [6.07, 6.45) is 5.55. The number of rotatable bonds is 3. The highest BCUT2D eigenvalue weighted by Gasteiger charge is 2.24. The number of methoxy groups -OCH3 is 1. The summed E-state index contributed by atoms with van der Waals surface area (Å²) in [6.45, 7) is 0. The summed E-state index contributed by atoms with van der Waals surface area (Å²) >= 11 is 0. The van der Waals surface area contributed by atoms with Gasteiger partial charge < -0.3 is 10.5 Å². The van der Waals surface area contributed by atoms with E-state index in [0.717, 1.165) is 25.7 Å². The van der Waals surface area contributed by atoms with Crippen molar-refractivity contribution < 1.29 is 9.53 Å². The standard InChI is InChI=1S/C14H19NO2/c1-17-13-8-7-11(15)9-12(13)14(16)10-5-3-2-4-6-10/h7-10H,2-6,15H2,1H3. The van der Waals surface area contributed by atoms with Crippen molar-refractivity contribution in [1.82, 2.24) is 0 Å². The number of Topliss-reactive ketones (excluding diaryl/α,β-unsaturated/α-hetero) is 1. The molecule has 1 aromatic rings. The van der Waals surface area contributed by atoms with Gasteiger partial charge in [0.25, 0.3) is 0 Å². The van der Waals surface area contributed by atoms with Crippen molar-refractivity contribution in [3.05, 3.63) is 23.8 Å². The summed E-state index contributed by atoms with van der Waals surface area (Å²) in [4.78, 5) is 12.4. The van der Waals surface area contributed by atoms with Gasteiger partial charge in [-0.15, -0.1) is 0 Å². The average Bonchev–Trinajstić information content (AvgIpc) is 2.39. The number of carbonyl (C=O) groups is 1. The Morgan fingerprint density at radius 1 is 1.29 bits per heavy atom. The van der Waals surface area contributed by atoms with Gasteiger partial charge in [-0.3, -0.25) is 4.79 Å². The Morgan fingerprint density at radius 3 is 2.65 bits per heavy atom. The van der Waals surface area contributed by atoms with E-state index in [0.29, 0.717) is 17.0 Å². The number of carbonyl (C=O) groups excluding carboxylic acids is 1. The van der Waals surface area contributed by atoms with E-state index >= 15 is 0 Å². The van der Waals surface area contributed by atoms with Gasteiger partial charge in [0.05, 0.1) is 12.7 Å². The van der Waals surface area contributed by atoms with E-state index in [1.807, 2.05) is 0 Å². The fourth-order valence-corrected chi connectivity index (χ4v) is 2.50. The van der Waals surface area contributed by atoms with E-state index in [2.05, 4.69) is 0 Å². The SMILES string of the molecule is COc1ccc(N)cc1C(=O)C1CCCCC1. The zero-order chi connectivity index (χ0) is 12.3. The van der Waals surface area contributed by atoms with E-state index in [1.165, 1.54) is 6.42 Å². The summed E-state index contributed by atoms with van der Waals surface area (Å²) in [5.41, 5.74) is 7.00. The van der Waals surface area contributed by atoms with Gasteiger partial charge in [0.2, 0.25) is 0 Å². The fraction of sp³-hybridized carbons (Fsp3) is 0.500. The van der Waals surface area contributed by atoms with Crippen LogP contribution in [0.2, 0.25) is 0 Å². The quantitative estimate of drug-likeness (QED) is 0.645. The lowest BCUT2D eigenvalue weighted by molar-refractivity contribution is 0.0886. The van der Waals surface area contributed by atoms with Gasteiger partial charge in [0.1, 0.15) is 5.75 Å². The van der Waals surface area contributed by atoms with E-state index in [1.54, 1.807) is 25.3 Å². The normalized spacial score (nSPS) is 16.8. The molecule has 3 heteroatoms. The number of benzene rings is 1. The van der Waals surface area contributed by atoms with Crippen LogP contribution in [0.3, 0.4) is 0 Å². The third-order valence-corrected chi connectivity index (χ3v) is 3.46. The van der Waals surface area contributed by atoms with Gasteiger partial charge >= 0.3 is 0 Å². The molecule has 1 aromatic carbocycles. The molecule has 2 N–H and O–H groups in total. The number of nitrogens with two attached hydrogens (primary N) is 1. The van der Waals surface area contributed by atoms with E-state index in [4.69, 9.17) is 10.5 Å². The molecule has 1 aliphatic carbocycles. The predicted octanol–water partition coefficient (Wildman–Crippen LogP) is 3.04. The molecule has 0 heterocycles. The first kappa shape index (κ1) is 12.0. The zero-order valence-corrected chi connectivity index (χ0v) is 10.2. The number of hydrogen-bond donors (Lipinski definition) is 1. The molecule has 0 spiro atoms. The Hall–Kier alpha value is -1.51. The monoisotopic (exact) mass is 233 g/mol. The van der Waals surface area contributed by atoms with Crippen LogP contribution in [0.25, 0.3) is 0 Å². The average molecular weight is 233 g/mol. The van der Waals surface area contributed by atoms with Crippen molar-refractivity contribution in [2.45, 2.75) is 32.1 Å². The van der Waals surface area contributed by atoms with Crippen molar-refractivity contribution >= 4 is 11.5 Å². The molecule has 0 unspecified atom stereocenters. The van der Waals surface area contributed by atoms with Crippen LogP contribution in [0.15, 0.2) is 18.2 Å². The highest BCUT2D eigenvalue weighted by molar-refractivity contribution is 6.01. The molecule has 1 saturated carbocycles. The third-order valence-electron chi connectivity index (χ3n) is 3.46. The summed E-state index contributed by atoms with van der Waals surface area (Å²) < 4.78 is 5.24. The van der Waals surface area contributed by atoms with Crippen molar-refractivity contribution in [3.8, 4) is 5.75 Å². The Bertz CT molecular complexity index is 409. The first-order chi connectivity index (χ1) is 8.22. The molecule has 0 atom stereocenters. The molecule has 0 bridgehead atoms. The van der Waals surface area contributed by atoms with E-state index in [-0.39, 0.29) is 11.7 Å². The number of hydrogen-bond acceptors (Lipinski definition) is 3. The van der Waals surface area contributed by atoms with Gasteiger partial charge in [-0.05, 0) is 31.0 Å². The van der Waals surface area contributed by atoms with Gasteiger partial charge in [-0.25, -0.2) is 0 Å². The Labute approximate surface area is 102 Å². The highest BCUT2D eigenvalue weighted by atomic mass is 16.5. The molecule has 0 amide bonds. The molecule has 0 aliphatic heterocycles. The van der Waals surface area contributed by atoms with Gasteiger partial charge in [0, 0.05) is 11.6 Å². The summed E-state index contributed by atoms with van der Waals surface area (Å²) in [7, 11) is 1.59. The van der Waals surface area contributed by atoms with Crippen LogP contribution >= 0.6 is 0 Å². The molecule has 92 valence electrons. The van der Waals surface area contributed by atoms with Crippen LogP contribution in [0, 0.1) is 5.92 Å². The summed E-state index contributed by atoms with van der Waals surface area (Å²) in [5.74, 6) is 0.975. The van der Waals surface area contributed by atoms with Crippen LogP contribution in [-0.2, 0) is 0 Å². The largest absolute Gasteiger partial charge is 0.496 e. The molecule has 1 fully saturated rings. The lowest BCUT2D eigenvalue weighted by atomic mass is 9.83. The molecule has 0 aromatic heterocycles. The Balaban J connectivity index is 2.25. The van der Waals surface area contributed by atoms with Crippen LogP contribution < -0.4 is 10.5 Å². The lowest BCUT2D eigenvalue weighted by Crippen LogP contribution is -2.18. The molecule has 0 radical (unpaired) electrons. The minimum Gasteiger partial charge on any atom is -0.496 e. The van der Waals surface area contributed by atoms with Crippen LogP contribution in [0.5, 0.6) is 5.75 Å². The summed E-state index contributed by atoms with van der Waals surface area (Å²) in [5, 5.41) is 0. The number of ether oxygens (including phenoxy) is 1. The van der Waals surface area contributed by atoms with Crippen LogP contribution in [0.4, 0.5) is 5.69 Å². The van der Waals surface area contributed by atoms with E-state index < -0.39 is 0 Å². The zero-order valence-electron chi connectivity index (χ0n) is 10.2. The minimum atomic E-state index is 0.152. The molecule has 3 nitrogen and oxygen atoms in total. The highest BCUT2D eigenvalue weighted by Crippen LogP contribution is 2.31. The smallest absolute Gasteiger partial charge is 0.169 e. The molecule has 2 rings (SSSR count). The Kier molecular flexibility index (Phi) is 3.67. The maximum absolute atomic E-state index is 12.4. The van der Waals surface area contributed by atoms with E-state index in [9.17, 15) is 4.79 Å². The lowest BCUT2D eigenvalue weighted by Gasteiger charge is -2.21. The van der Waals surface area contributed by atoms with Gasteiger partial charge in [0.15, 0.2) is 5.78 Å². The maximum atomic E-state index is 12.4. The van der Waals surface area contributed by atoms with Crippen molar-refractivity contribution in [1.29, 1.82) is 0 Å². The molecular formula is C14H19NO2. The molecule has 0 saturated heterocycles. The van der Waals surface area contributed by atoms with Gasteiger partial charge in [-0.1, -0.05) is 19.3 Å². The van der Waals surface area contributed by atoms with Crippen molar-refractivity contribution in [2.24, 2.45) is 5.92 Å². The number of nitrogen functional groups attached to an aromatic ring is 1. The van der Waals surface area contributed by atoms with Crippen molar-refractivity contribution in [2.75, 3.05) is 12.8 Å². The molecular weight excluding hydrogens is 214 g/mol. The third kappa shape index (κ3) is 2.60. The predicted molar refractivity (Wildman–Crippen MR) is 68.3 cm³/mol. The molecule has 1 aliphatic rings. The second-order valence-corrected chi connectivity index (χ2v) is 4.66. The second kappa shape index (κ2) is 5.21. The van der Waals surface area contributed by atoms with Crippen LogP contribution in [-0.4, -0.2) is 12.9 Å². The summed E-state index contributed by atoms with van der Waals surface area (Å²) in [6, 6.07) is 5.26. The van der Waals surface area contributed by atoms with Crippen LogP contribution in [0.1, 0.15) is 42.5 Å². The first-order valence-electron chi connectivity index (χ1n) is 6.20. The minimum absolute atomic E-state index is 0.152. The fourth-order valence-electron chi connectivity index (χ4n) is 2.50. The maximum Gasteiger partial charge on any atom is 0.169 e. The number of ketones is 1. The first-order valence-corrected chi connectivity index (χ1v) is 6.20. The second-order valence-electron chi connectivity index (χ2n) is 4.66. The molecule has 17 heavy (non-hydrogen) atoms. The van der Waals surface area contributed by atoms with Crippen molar-refractivity contribution in [3.63, 3.8) is 0 Å².